The lowest BCUT2D eigenvalue weighted by Crippen LogP contribution is -2.45. The number of rotatable bonds is 0. The third-order valence-corrected chi connectivity index (χ3v) is 2.31. The molecule has 0 bridgehead atoms. The van der Waals surface area contributed by atoms with Gasteiger partial charge in [-0.05, 0) is 18.8 Å². The zero-order chi connectivity index (χ0) is 7.19. The van der Waals surface area contributed by atoms with Crippen molar-refractivity contribution in [3.05, 3.63) is 0 Å². The highest BCUT2D eigenvalue weighted by Crippen LogP contribution is 2.42. The highest BCUT2D eigenvalue weighted by Gasteiger charge is 2.49. The van der Waals surface area contributed by atoms with E-state index < -0.39 is 0 Å². The van der Waals surface area contributed by atoms with Crippen LogP contribution in [0.1, 0.15) is 19.8 Å². The van der Waals surface area contributed by atoms with Crippen LogP contribution in [0.15, 0.2) is 0 Å². The van der Waals surface area contributed by atoms with Gasteiger partial charge in [-0.25, -0.2) is 4.79 Å². The van der Waals surface area contributed by atoms with Gasteiger partial charge in [0.15, 0.2) is 0 Å². The van der Waals surface area contributed by atoms with Crippen molar-refractivity contribution >= 4 is 6.09 Å². The van der Waals surface area contributed by atoms with Gasteiger partial charge >= 0.3 is 6.09 Å². The maximum atomic E-state index is 10.6. The quantitative estimate of drug-likeness (QED) is 0.544. The molecule has 10 heavy (non-hydrogen) atoms. The Morgan fingerprint density at radius 1 is 1.70 bits per heavy atom. The average molecular weight is 141 g/mol. The predicted octanol–water partition coefficient (Wildman–Crippen LogP) is 0.895. The molecular formula is C7H11NO2. The first-order valence-electron chi connectivity index (χ1n) is 3.67. The van der Waals surface area contributed by atoms with Crippen LogP contribution in [0.3, 0.4) is 0 Å². The van der Waals surface area contributed by atoms with Gasteiger partial charge in [0.2, 0.25) is 0 Å². The highest BCUT2D eigenvalue weighted by atomic mass is 16.6. The van der Waals surface area contributed by atoms with Crippen molar-refractivity contribution in [2.75, 3.05) is 6.54 Å². The molecular weight excluding hydrogens is 130 g/mol. The van der Waals surface area contributed by atoms with Crippen LogP contribution in [0, 0.1) is 5.92 Å². The fraction of sp³-hybridized carbons (Fsp3) is 0.857. The topological polar surface area (TPSA) is 38.3 Å². The lowest BCUT2D eigenvalue weighted by molar-refractivity contribution is -0.0401. The Morgan fingerprint density at radius 3 is 2.80 bits per heavy atom. The van der Waals surface area contributed by atoms with E-state index in [0.29, 0.717) is 0 Å². The summed E-state index contributed by atoms with van der Waals surface area (Å²) in [7, 11) is 0. The van der Waals surface area contributed by atoms with Crippen molar-refractivity contribution in [2.24, 2.45) is 5.92 Å². The second kappa shape index (κ2) is 1.65. The minimum atomic E-state index is -0.244. The third-order valence-electron chi connectivity index (χ3n) is 2.31. The molecule has 3 nitrogen and oxygen atoms in total. The maximum absolute atomic E-state index is 10.6. The van der Waals surface area contributed by atoms with Crippen molar-refractivity contribution in [3.63, 3.8) is 0 Å². The zero-order valence-corrected chi connectivity index (χ0v) is 6.02. The van der Waals surface area contributed by atoms with Gasteiger partial charge in [0.25, 0.3) is 0 Å². The van der Waals surface area contributed by atoms with E-state index in [1.807, 2.05) is 0 Å². The van der Waals surface area contributed by atoms with Crippen LogP contribution in [0.25, 0.3) is 0 Å². The van der Waals surface area contributed by atoms with E-state index in [0.717, 1.165) is 25.3 Å². The standard InChI is InChI=1S/C7H11NO2/c1-5-2-7(3-5)4-8-6(9)10-7/h5H,2-4H2,1H3,(H,8,9). The molecule has 0 aromatic rings. The first-order valence-corrected chi connectivity index (χ1v) is 3.67. The van der Waals surface area contributed by atoms with E-state index in [1.165, 1.54) is 0 Å². The summed E-state index contributed by atoms with van der Waals surface area (Å²) in [6.07, 6.45) is 1.82. The molecule has 2 fully saturated rings. The molecule has 1 saturated carbocycles. The van der Waals surface area contributed by atoms with Gasteiger partial charge < -0.3 is 10.1 Å². The maximum Gasteiger partial charge on any atom is 0.407 e. The van der Waals surface area contributed by atoms with Crippen LogP contribution < -0.4 is 5.32 Å². The lowest BCUT2D eigenvalue weighted by atomic mass is 9.72. The molecule has 0 atom stereocenters. The second-order valence-corrected chi connectivity index (χ2v) is 3.44. The third kappa shape index (κ3) is 0.696. The van der Waals surface area contributed by atoms with Crippen molar-refractivity contribution in [1.82, 2.24) is 5.32 Å². The summed E-state index contributed by atoms with van der Waals surface area (Å²) >= 11 is 0. The molecule has 0 aromatic carbocycles. The molecule has 1 heterocycles. The van der Waals surface area contributed by atoms with Gasteiger partial charge in [0.1, 0.15) is 5.60 Å². The fourth-order valence-electron chi connectivity index (χ4n) is 1.94. The summed E-state index contributed by atoms with van der Waals surface area (Å²) in [5, 5.41) is 2.67. The van der Waals surface area contributed by atoms with E-state index in [-0.39, 0.29) is 11.7 Å². The van der Waals surface area contributed by atoms with Crippen LogP contribution in [-0.2, 0) is 4.74 Å². The minimum Gasteiger partial charge on any atom is -0.441 e. The number of amides is 1. The van der Waals surface area contributed by atoms with E-state index in [2.05, 4.69) is 12.2 Å². The van der Waals surface area contributed by atoms with Gasteiger partial charge in [-0.2, -0.15) is 0 Å². The molecule has 1 amide bonds. The summed E-state index contributed by atoms with van der Waals surface area (Å²) in [5.41, 5.74) is -0.101. The first-order chi connectivity index (χ1) is 4.70. The van der Waals surface area contributed by atoms with E-state index >= 15 is 0 Å². The largest absolute Gasteiger partial charge is 0.441 e. The average Bonchev–Trinajstić information content (AvgIpc) is 2.10. The van der Waals surface area contributed by atoms with Crippen LogP contribution >= 0.6 is 0 Å². The fourth-order valence-corrected chi connectivity index (χ4v) is 1.94. The monoisotopic (exact) mass is 141 g/mol. The number of alkyl carbamates (subject to hydrolysis) is 1. The second-order valence-electron chi connectivity index (χ2n) is 3.44. The Labute approximate surface area is 59.7 Å². The van der Waals surface area contributed by atoms with Crippen LogP contribution in [0.5, 0.6) is 0 Å². The van der Waals surface area contributed by atoms with Crippen molar-refractivity contribution in [3.8, 4) is 0 Å². The number of ether oxygens (including phenoxy) is 1. The van der Waals surface area contributed by atoms with Gasteiger partial charge in [0.05, 0.1) is 6.54 Å². The molecule has 1 spiro atoms. The molecule has 0 radical (unpaired) electrons. The van der Waals surface area contributed by atoms with Crippen LogP contribution in [0.4, 0.5) is 4.79 Å². The smallest absolute Gasteiger partial charge is 0.407 e. The summed E-state index contributed by atoms with van der Waals surface area (Å²) in [4.78, 5) is 10.6. The molecule has 1 aliphatic carbocycles. The molecule has 1 N–H and O–H groups in total. The number of hydrogen-bond donors (Lipinski definition) is 1. The van der Waals surface area contributed by atoms with E-state index in [1.54, 1.807) is 0 Å². The van der Waals surface area contributed by atoms with E-state index in [9.17, 15) is 4.79 Å². The molecule has 1 saturated heterocycles. The van der Waals surface area contributed by atoms with Crippen molar-refractivity contribution in [2.45, 2.75) is 25.4 Å². The van der Waals surface area contributed by atoms with Crippen LogP contribution in [-0.4, -0.2) is 18.2 Å². The predicted molar refractivity (Wildman–Crippen MR) is 35.6 cm³/mol. The zero-order valence-electron chi connectivity index (χ0n) is 6.02. The highest BCUT2D eigenvalue weighted by molar-refractivity contribution is 5.70. The summed E-state index contributed by atoms with van der Waals surface area (Å²) in [6, 6.07) is 0. The van der Waals surface area contributed by atoms with E-state index in [4.69, 9.17) is 4.74 Å². The Balaban J connectivity index is 2.01. The van der Waals surface area contributed by atoms with Crippen LogP contribution in [0.2, 0.25) is 0 Å². The molecule has 0 unspecified atom stereocenters. The molecule has 0 aromatic heterocycles. The number of carbonyl (C=O) groups is 1. The molecule has 2 aliphatic rings. The van der Waals surface area contributed by atoms with Crippen molar-refractivity contribution in [1.29, 1.82) is 0 Å². The van der Waals surface area contributed by atoms with Gasteiger partial charge in [0, 0.05) is 0 Å². The Hall–Kier alpha value is -0.730. The molecule has 3 heteroatoms. The number of carbonyl (C=O) groups excluding carboxylic acids is 1. The Kier molecular flexibility index (Phi) is 0.993. The molecule has 1 aliphatic heterocycles. The van der Waals surface area contributed by atoms with Gasteiger partial charge in [-0.1, -0.05) is 6.92 Å². The molecule has 2 rings (SSSR count). The number of nitrogens with one attached hydrogen (secondary N) is 1. The van der Waals surface area contributed by atoms with Crippen molar-refractivity contribution < 1.29 is 9.53 Å². The minimum absolute atomic E-state index is 0.101. The summed E-state index contributed by atoms with van der Waals surface area (Å²) in [5.74, 6) is 0.729. The Bertz CT molecular complexity index is 172. The summed E-state index contributed by atoms with van der Waals surface area (Å²) in [6.45, 7) is 2.90. The Morgan fingerprint density at radius 2 is 2.40 bits per heavy atom. The SMILES string of the molecule is CC1CC2(CNC(=O)O2)C1. The normalized spacial score (nSPS) is 44.5. The first kappa shape index (κ1) is 6.01. The summed E-state index contributed by atoms with van der Waals surface area (Å²) < 4.78 is 5.11. The van der Waals surface area contributed by atoms with Gasteiger partial charge in [-0.15, -0.1) is 0 Å². The number of hydrogen-bond acceptors (Lipinski definition) is 2. The van der Waals surface area contributed by atoms with Gasteiger partial charge in [-0.3, -0.25) is 0 Å². The molecule has 56 valence electrons. The lowest BCUT2D eigenvalue weighted by Gasteiger charge is -2.40.